The van der Waals surface area contributed by atoms with Crippen LogP contribution in [0.4, 0.5) is 6.01 Å². The van der Waals surface area contributed by atoms with Crippen LogP contribution in [0.3, 0.4) is 0 Å². The third-order valence-electron chi connectivity index (χ3n) is 4.53. The predicted molar refractivity (Wildman–Crippen MR) is 117 cm³/mol. The first kappa shape index (κ1) is 21.6. The van der Waals surface area contributed by atoms with Crippen molar-refractivity contribution in [1.29, 1.82) is 0 Å². The number of hydrogen-bond donors (Lipinski definition) is 1. The normalized spacial score (nSPS) is 12.5. The van der Waals surface area contributed by atoms with Crippen molar-refractivity contribution < 1.29 is 9.21 Å². The second-order valence-electron chi connectivity index (χ2n) is 7.08. The van der Waals surface area contributed by atoms with E-state index >= 15 is 0 Å². The van der Waals surface area contributed by atoms with E-state index in [9.17, 15) is 4.79 Å². The van der Waals surface area contributed by atoms with E-state index in [4.69, 9.17) is 33.4 Å². The van der Waals surface area contributed by atoms with E-state index in [0.717, 1.165) is 25.1 Å². The van der Waals surface area contributed by atoms with Gasteiger partial charge in [0.25, 0.3) is 0 Å². The zero-order valence-electron chi connectivity index (χ0n) is 16.4. The fraction of sp³-hybridized carbons (Fsp3) is 0.333. The molecule has 0 bridgehead atoms. The second kappa shape index (κ2) is 9.59. The maximum absolute atomic E-state index is 12.6. The minimum atomic E-state index is -0.640. The molecule has 1 amide bonds. The van der Waals surface area contributed by atoms with Gasteiger partial charge in [0.2, 0.25) is 5.91 Å². The number of anilines is 1. The summed E-state index contributed by atoms with van der Waals surface area (Å²) in [5.41, 5.74) is 8.26. The van der Waals surface area contributed by atoms with Gasteiger partial charge in [0, 0.05) is 13.1 Å². The second-order valence-corrected chi connectivity index (χ2v) is 7.90. The first-order valence-electron chi connectivity index (χ1n) is 9.40. The molecule has 2 N–H and O–H groups in total. The minimum Gasteiger partial charge on any atom is -0.423 e. The summed E-state index contributed by atoms with van der Waals surface area (Å²) in [5, 5.41) is 1.09. The molecular formula is C21H24Cl2N4O2. The van der Waals surface area contributed by atoms with Gasteiger partial charge >= 0.3 is 6.01 Å². The number of fused-ring (bicyclic) bond motifs is 1. The van der Waals surface area contributed by atoms with E-state index in [1.165, 1.54) is 4.90 Å². The number of oxazole rings is 1. The van der Waals surface area contributed by atoms with Crippen molar-refractivity contribution in [1.82, 2.24) is 9.88 Å². The number of carbonyl (C=O) groups is 1. The molecule has 154 valence electrons. The third kappa shape index (κ3) is 5.48. The molecule has 8 heteroatoms. The summed E-state index contributed by atoms with van der Waals surface area (Å²) in [5.74, 6) is -0.219. The van der Waals surface area contributed by atoms with Crippen LogP contribution in [0.1, 0.15) is 18.9 Å². The van der Waals surface area contributed by atoms with Gasteiger partial charge in [-0.25, -0.2) is 0 Å². The molecule has 0 spiro atoms. The number of para-hydroxylation sites is 2. The first-order valence-corrected chi connectivity index (χ1v) is 10.2. The Hall–Kier alpha value is -2.12. The largest absolute Gasteiger partial charge is 0.423 e. The molecule has 0 fully saturated rings. The highest BCUT2D eigenvalue weighted by molar-refractivity contribution is 6.42. The molecule has 1 heterocycles. The third-order valence-corrected chi connectivity index (χ3v) is 5.27. The Morgan fingerprint density at radius 3 is 2.62 bits per heavy atom. The molecular weight excluding hydrogens is 411 g/mol. The molecule has 0 aliphatic rings. The molecule has 1 aromatic heterocycles. The molecule has 3 rings (SSSR count). The lowest BCUT2D eigenvalue weighted by Crippen LogP contribution is -2.43. The molecule has 2 aromatic carbocycles. The minimum absolute atomic E-state index is 0.219. The lowest BCUT2D eigenvalue weighted by molar-refractivity contribution is -0.119. The summed E-state index contributed by atoms with van der Waals surface area (Å²) >= 11 is 12.1. The SMILES string of the molecule is C[C@H](N)C(=O)N(CCCN(C)Cc1ccc(Cl)c(Cl)c1)c1nc2ccccc2o1. The average molecular weight is 435 g/mol. The van der Waals surface area contributed by atoms with Gasteiger partial charge in [0.1, 0.15) is 5.52 Å². The summed E-state index contributed by atoms with van der Waals surface area (Å²) in [7, 11) is 2.01. The van der Waals surface area contributed by atoms with E-state index in [1.807, 2.05) is 43.4 Å². The molecule has 1 atom stereocenters. The van der Waals surface area contributed by atoms with Gasteiger partial charge < -0.3 is 15.1 Å². The van der Waals surface area contributed by atoms with Crippen molar-refractivity contribution in [3.63, 3.8) is 0 Å². The molecule has 29 heavy (non-hydrogen) atoms. The Bertz CT molecular complexity index is 957. The monoisotopic (exact) mass is 434 g/mol. The van der Waals surface area contributed by atoms with Crippen LogP contribution in [0.2, 0.25) is 10.0 Å². The van der Waals surface area contributed by atoms with Crippen molar-refractivity contribution >= 4 is 46.2 Å². The van der Waals surface area contributed by atoms with Gasteiger partial charge in [-0.2, -0.15) is 4.98 Å². The van der Waals surface area contributed by atoms with E-state index in [2.05, 4.69) is 9.88 Å². The van der Waals surface area contributed by atoms with Crippen molar-refractivity contribution in [3.05, 3.63) is 58.1 Å². The van der Waals surface area contributed by atoms with Gasteiger partial charge in [-0.1, -0.05) is 41.4 Å². The number of rotatable bonds is 8. The first-order chi connectivity index (χ1) is 13.8. The number of amides is 1. The van der Waals surface area contributed by atoms with Crippen LogP contribution in [0.15, 0.2) is 46.9 Å². The number of halogens is 2. The Kier molecular flexibility index (Phi) is 7.14. The maximum atomic E-state index is 12.6. The van der Waals surface area contributed by atoms with Gasteiger partial charge in [0.15, 0.2) is 5.58 Å². The summed E-state index contributed by atoms with van der Waals surface area (Å²) < 4.78 is 5.78. The topological polar surface area (TPSA) is 75.6 Å². The Labute approximate surface area is 180 Å². The standard InChI is InChI=1S/C21H24Cl2N4O2/c1-14(24)20(28)27(21-25-18-6-3-4-7-19(18)29-21)11-5-10-26(2)13-15-8-9-16(22)17(23)12-15/h3-4,6-9,12,14H,5,10-11,13,24H2,1-2H3/t14-/m0/s1. The van der Waals surface area contributed by atoms with Crippen LogP contribution in [0, 0.1) is 0 Å². The number of hydrogen-bond acceptors (Lipinski definition) is 5. The van der Waals surface area contributed by atoms with Crippen LogP contribution in [0.5, 0.6) is 0 Å². The fourth-order valence-electron chi connectivity index (χ4n) is 3.05. The predicted octanol–water partition coefficient (Wildman–Crippen LogP) is 4.34. The van der Waals surface area contributed by atoms with Crippen molar-refractivity contribution in [2.24, 2.45) is 5.73 Å². The van der Waals surface area contributed by atoms with E-state index in [1.54, 1.807) is 13.0 Å². The van der Waals surface area contributed by atoms with E-state index in [-0.39, 0.29) is 11.9 Å². The summed E-state index contributed by atoms with van der Waals surface area (Å²) in [6, 6.07) is 12.7. The maximum Gasteiger partial charge on any atom is 0.305 e. The summed E-state index contributed by atoms with van der Waals surface area (Å²) in [6.07, 6.45) is 0.731. The number of nitrogens with two attached hydrogens (primary N) is 1. The molecule has 3 aromatic rings. The highest BCUT2D eigenvalue weighted by Crippen LogP contribution is 2.24. The Morgan fingerprint density at radius 1 is 1.17 bits per heavy atom. The Balaban J connectivity index is 1.63. The smallest absolute Gasteiger partial charge is 0.305 e. The van der Waals surface area contributed by atoms with Crippen LogP contribution in [-0.2, 0) is 11.3 Å². The molecule has 0 saturated carbocycles. The van der Waals surface area contributed by atoms with Gasteiger partial charge in [-0.05, 0) is 56.8 Å². The molecule has 0 saturated heterocycles. The molecule has 0 radical (unpaired) electrons. The molecule has 0 aliphatic carbocycles. The Morgan fingerprint density at radius 2 is 1.93 bits per heavy atom. The van der Waals surface area contributed by atoms with Crippen LogP contribution >= 0.6 is 23.2 Å². The van der Waals surface area contributed by atoms with Crippen molar-refractivity contribution in [2.75, 3.05) is 25.0 Å². The highest BCUT2D eigenvalue weighted by Gasteiger charge is 2.23. The zero-order valence-corrected chi connectivity index (χ0v) is 18.0. The van der Waals surface area contributed by atoms with Crippen molar-refractivity contribution in [3.8, 4) is 0 Å². The lowest BCUT2D eigenvalue weighted by Gasteiger charge is -2.22. The van der Waals surface area contributed by atoms with Crippen LogP contribution in [-0.4, -0.2) is 42.0 Å². The highest BCUT2D eigenvalue weighted by atomic mass is 35.5. The van der Waals surface area contributed by atoms with Crippen LogP contribution < -0.4 is 10.6 Å². The summed E-state index contributed by atoms with van der Waals surface area (Å²) in [4.78, 5) is 20.7. The lowest BCUT2D eigenvalue weighted by atomic mass is 10.2. The van der Waals surface area contributed by atoms with Crippen molar-refractivity contribution in [2.45, 2.75) is 25.9 Å². The van der Waals surface area contributed by atoms with E-state index in [0.29, 0.717) is 27.7 Å². The van der Waals surface area contributed by atoms with E-state index < -0.39 is 6.04 Å². The number of nitrogens with zero attached hydrogens (tertiary/aromatic N) is 3. The zero-order chi connectivity index (χ0) is 21.0. The fourth-order valence-corrected chi connectivity index (χ4v) is 3.37. The number of carbonyl (C=O) groups excluding carboxylic acids is 1. The number of benzene rings is 2. The quantitative estimate of drug-likeness (QED) is 0.570. The van der Waals surface area contributed by atoms with Gasteiger partial charge in [-0.15, -0.1) is 0 Å². The average Bonchev–Trinajstić information content (AvgIpc) is 3.11. The number of aromatic nitrogens is 1. The summed E-state index contributed by atoms with van der Waals surface area (Å²) in [6.45, 7) is 3.61. The van der Waals surface area contributed by atoms with Gasteiger partial charge in [-0.3, -0.25) is 9.69 Å². The molecule has 0 aliphatic heterocycles. The van der Waals surface area contributed by atoms with Crippen LogP contribution in [0.25, 0.3) is 11.1 Å². The van der Waals surface area contributed by atoms with Gasteiger partial charge in [0.05, 0.1) is 16.1 Å². The molecule has 6 nitrogen and oxygen atoms in total. The molecule has 0 unspecified atom stereocenters.